The number of aromatic nitrogens is 1. The molecule has 0 radical (unpaired) electrons. The van der Waals surface area contributed by atoms with E-state index in [1.807, 2.05) is 27.7 Å². The second kappa shape index (κ2) is 5.50. The van der Waals surface area contributed by atoms with Crippen LogP contribution in [-0.4, -0.2) is 34.0 Å². The Bertz CT molecular complexity index is 547. The summed E-state index contributed by atoms with van der Waals surface area (Å²) in [5.41, 5.74) is 0.867. The average Bonchev–Trinajstić information content (AvgIpc) is 2.71. The minimum Gasteiger partial charge on any atom is -0.361 e. The molecule has 0 aromatic carbocycles. The molecule has 1 aliphatic heterocycles. The second-order valence-electron chi connectivity index (χ2n) is 5.90. The Balaban J connectivity index is 2.37. The fraction of sp³-hybridized carbons (Fsp3) is 0.667. The van der Waals surface area contributed by atoms with E-state index in [2.05, 4.69) is 10.5 Å². The molecule has 2 amide bonds. The molecule has 2 heterocycles. The molecule has 6 nitrogen and oxygen atoms in total. The van der Waals surface area contributed by atoms with Crippen LogP contribution in [-0.2, 0) is 9.59 Å². The molecule has 1 N–H and O–H groups in total. The highest BCUT2D eigenvalue weighted by Gasteiger charge is 2.41. The lowest BCUT2D eigenvalue weighted by atomic mass is 9.95. The Morgan fingerprint density at radius 2 is 2.10 bits per heavy atom. The van der Waals surface area contributed by atoms with Crippen molar-refractivity contribution in [3.8, 4) is 0 Å². The highest BCUT2D eigenvalue weighted by atomic mass is 16.5. The van der Waals surface area contributed by atoms with Gasteiger partial charge in [0.05, 0.1) is 11.7 Å². The van der Waals surface area contributed by atoms with Gasteiger partial charge in [-0.15, -0.1) is 0 Å². The van der Waals surface area contributed by atoms with Gasteiger partial charge in [0, 0.05) is 18.5 Å². The minimum atomic E-state index is -0.846. The summed E-state index contributed by atoms with van der Waals surface area (Å²) in [5.74, 6) is 0.582. The first kappa shape index (κ1) is 15.5. The van der Waals surface area contributed by atoms with Gasteiger partial charge in [0.1, 0.15) is 11.3 Å². The standard InChI is InChI=1S/C15H23N3O3/c1-6-15(5)14(20)18(8-7-12(19)16-15)10(3)13-9(2)17-21-11(13)4/h10H,6-8H2,1-5H3,(H,16,19). The number of hydrogen-bond acceptors (Lipinski definition) is 4. The topological polar surface area (TPSA) is 75.4 Å². The van der Waals surface area contributed by atoms with E-state index in [4.69, 9.17) is 4.52 Å². The SMILES string of the molecule is CCC1(C)NC(=O)CCN(C(C)c2c(C)noc2C)C1=O. The highest BCUT2D eigenvalue weighted by molar-refractivity contribution is 5.93. The van der Waals surface area contributed by atoms with Crippen LogP contribution in [0.25, 0.3) is 0 Å². The largest absolute Gasteiger partial charge is 0.361 e. The third kappa shape index (κ3) is 2.66. The Labute approximate surface area is 124 Å². The van der Waals surface area contributed by atoms with Crippen molar-refractivity contribution < 1.29 is 14.1 Å². The Morgan fingerprint density at radius 1 is 1.43 bits per heavy atom. The molecule has 1 aliphatic rings. The smallest absolute Gasteiger partial charge is 0.248 e. The van der Waals surface area contributed by atoms with E-state index >= 15 is 0 Å². The van der Waals surface area contributed by atoms with Gasteiger partial charge in [0.25, 0.3) is 0 Å². The second-order valence-corrected chi connectivity index (χ2v) is 5.90. The molecule has 2 unspecified atom stereocenters. The number of carbonyl (C=O) groups excluding carboxylic acids is 2. The van der Waals surface area contributed by atoms with Crippen molar-refractivity contribution in [2.45, 2.75) is 59.0 Å². The third-order valence-electron chi connectivity index (χ3n) is 4.41. The average molecular weight is 293 g/mol. The quantitative estimate of drug-likeness (QED) is 0.923. The van der Waals surface area contributed by atoms with Gasteiger partial charge in [-0.2, -0.15) is 0 Å². The molecule has 1 aromatic heterocycles. The van der Waals surface area contributed by atoms with Crippen LogP contribution < -0.4 is 5.32 Å². The first-order valence-electron chi connectivity index (χ1n) is 7.35. The Kier molecular flexibility index (Phi) is 4.07. The summed E-state index contributed by atoms with van der Waals surface area (Å²) in [4.78, 5) is 26.5. The maximum atomic E-state index is 12.9. The third-order valence-corrected chi connectivity index (χ3v) is 4.41. The molecular formula is C15H23N3O3. The zero-order valence-electron chi connectivity index (χ0n) is 13.3. The fourth-order valence-corrected chi connectivity index (χ4v) is 2.92. The number of hydrogen-bond donors (Lipinski definition) is 1. The number of amides is 2. The maximum absolute atomic E-state index is 12.9. The lowest BCUT2D eigenvalue weighted by molar-refractivity contribution is -0.140. The zero-order valence-corrected chi connectivity index (χ0v) is 13.3. The van der Waals surface area contributed by atoms with Crippen molar-refractivity contribution in [1.29, 1.82) is 0 Å². The van der Waals surface area contributed by atoms with Crippen LogP contribution in [0.3, 0.4) is 0 Å². The van der Waals surface area contributed by atoms with E-state index in [-0.39, 0.29) is 17.9 Å². The fourth-order valence-electron chi connectivity index (χ4n) is 2.92. The summed E-state index contributed by atoms with van der Waals surface area (Å²) < 4.78 is 5.20. The van der Waals surface area contributed by atoms with Gasteiger partial charge >= 0.3 is 0 Å². The van der Waals surface area contributed by atoms with Gasteiger partial charge in [-0.3, -0.25) is 9.59 Å². The molecular weight excluding hydrogens is 270 g/mol. The summed E-state index contributed by atoms with van der Waals surface area (Å²) in [6, 6.07) is -0.165. The van der Waals surface area contributed by atoms with Gasteiger partial charge in [-0.25, -0.2) is 0 Å². The number of carbonyl (C=O) groups is 2. The number of nitrogens with zero attached hydrogens (tertiary/aromatic N) is 2. The molecule has 21 heavy (non-hydrogen) atoms. The van der Waals surface area contributed by atoms with E-state index in [1.54, 1.807) is 11.8 Å². The van der Waals surface area contributed by atoms with Gasteiger partial charge in [-0.05, 0) is 34.1 Å². The van der Waals surface area contributed by atoms with Gasteiger partial charge in [0.15, 0.2) is 0 Å². The summed E-state index contributed by atoms with van der Waals surface area (Å²) in [7, 11) is 0. The first-order valence-corrected chi connectivity index (χ1v) is 7.35. The van der Waals surface area contributed by atoms with Crippen LogP contribution in [0.1, 0.15) is 56.7 Å². The lowest BCUT2D eigenvalue weighted by Crippen LogP contribution is -2.55. The van der Waals surface area contributed by atoms with Crippen molar-refractivity contribution in [1.82, 2.24) is 15.4 Å². The first-order chi connectivity index (χ1) is 9.80. The van der Waals surface area contributed by atoms with Crippen molar-refractivity contribution in [2.75, 3.05) is 6.54 Å². The zero-order chi connectivity index (χ0) is 15.8. The summed E-state index contributed by atoms with van der Waals surface area (Å²) in [6.07, 6.45) is 0.872. The van der Waals surface area contributed by atoms with Crippen molar-refractivity contribution >= 4 is 11.8 Å². The predicted octanol–water partition coefficient (Wildman–Crippen LogP) is 1.87. The normalized spacial score (nSPS) is 24.7. The molecule has 0 bridgehead atoms. The molecule has 1 fully saturated rings. The minimum absolute atomic E-state index is 0.0525. The molecule has 116 valence electrons. The predicted molar refractivity (Wildman–Crippen MR) is 77.6 cm³/mol. The Hall–Kier alpha value is -1.85. The van der Waals surface area contributed by atoms with Crippen molar-refractivity contribution in [3.05, 3.63) is 17.0 Å². The van der Waals surface area contributed by atoms with Crippen molar-refractivity contribution in [2.24, 2.45) is 0 Å². The van der Waals surface area contributed by atoms with Gasteiger partial charge in [-0.1, -0.05) is 12.1 Å². The van der Waals surface area contributed by atoms with Crippen LogP contribution in [0.5, 0.6) is 0 Å². The van der Waals surface area contributed by atoms with E-state index in [9.17, 15) is 9.59 Å². The molecule has 0 saturated carbocycles. The highest BCUT2D eigenvalue weighted by Crippen LogP contribution is 2.30. The van der Waals surface area contributed by atoms with E-state index in [0.717, 1.165) is 17.0 Å². The monoisotopic (exact) mass is 293 g/mol. The van der Waals surface area contributed by atoms with E-state index in [1.165, 1.54) is 0 Å². The number of aryl methyl sites for hydroxylation is 2. The molecule has 2 atom stereocenters. The number of nitrogens with one attached hydrogen (secondary N) is 1. The summed E-state index contributed by atoms with van der Waals surface area (Å²) >= 11 is 0. The molecule has 0 spiro atoms. The van der Waals surface area contributed by atoms with Gasteiger partial charge in [0.2, 0.25) is 11.8 Å². The summed E-state index contributed by atoms with van der Waals surface area (Å²) in [6.45, 7) is 9.76. The van der Waals surface area contributed by atoms with E-state index < -0.39 is 5.54 Å². The van der Waals surface area contributed by atoms with Crippen LogP contribution in [0, 0.1) is 13.8 Å². The van der Waals surface area contributed by atoms with Crippen LogP contribution >= 0.6 is 0 Å². The lowest BCUT2D eigenvalue weighted by Gasteiger charge is -2.34. The Morgan fingerprint density at radius 3 is 2.62 bits per heavy atom. The molecule has 0 aliphatic carbocycles. The maximum Gasteiger partial charge on any atom is 0.248 e. The van der Waals surface area contributed by atoms with E-state index in [0.29, 0.717) is 19.4 Å². The molecule has 1 saturated heterocycles. The van der Waals surface area contributed by atoms with Crippen LogP contribution in [0.15, 0.2) is 4.52 Å². The molecule has 6 heteroatoms. The number of rotatable bonds is 3. The van der Waals surface area contributed by atoms with Crippen LogP contribution in [0.4, 0.5) is 0 Å². The van der Waals surface area contributed by atoms with Crippen molar-refractivity contribution in [3.63, 3.8) is 0 Å². The molecule has 1 aromatic rings. The molecule has 2 rings (SSSR count). The summed E-state index contributed by atoms with van der Waals surface area (Å²) in [5, 5.41) is 6.80. The van der Waals surface area contributed by atoms with Crippen LogP contribution in [0.2, 0.25) is 0 Å². The van der Waals surface area contributed by atoms with Gasteiger partial charge < -0.3 is 14.7 Å².